The lowest BCUT2D eigenvalue weighted by molar-refractivity contribution is -0.111. The quantitative estimate of drug-likeness (QED) is 0.613. The molecule has 0 aromatic heterocycles. The topological polar surface area (TPSA) is 46.2 Å². The molecule has 0 radical (unpaired) electrons. The van der Waals surface area contributed by atoms with Gasteiger partial charge in [0.25, 0.3) is 0 Å². The third-order valence-electron chi connectivity index (χ3n) is 3.01. The van der Waals surface area contributed by atoms with Gasteiger partial charge < -0.3 is 10.1 Å². The maximum absolute atomic E-state index is 12.1. The SMILES string of the molecule is O=CC1CNCC(C(=O)c2ccccc2)C1. The number of rotatable bonds is 3. The maximum atomic E-state index is 12.1. The van der Waals surface area contributed by atoms with E-state index < -0.39 is 0 Å². The standard InChI is InChI=1S/C13H15NO2/c15-9-10-6-12(8-14-7-10)13(16)11-4-2-1-3-5-11/h1-5,9-10,12,14H,6-8H2. The zero-order valence-electron chi connectivity index (χ0n) is 9.06. The van der Waals surface area contributed by atoms with Crippen LogP contribution in [0.2, 0.25) is 0 Å². The molecule has 0 saturated carbocycles. The van der Waals surface area contributed by atoms with Gasteiger partial charge in [0, 0.05) is 30.5 Å². The van der Waals surface area contributed by atoms with Gasteiger partial charge in [-0.3, -0.25) is 4.79 Å². The second kappa shape index (κ2) is 5.03. The normalized spacial score (nSPS) is 25.0. The van der Waals surface area contributed by atoms with Crippen LogP contribution in [0, 0.1) is 11.8 Å². The van der Waals surface area contributed by atoms with Crippen molar-refractivity contribution >= 4 is 12.1 Å². The Morgan fingerprint density at radius 2 is 2.00 bits per heavy atom. The Labute approximate surface area is 94.9 Å². The fourth-order valence-corrected chi connectivity index (χ4v) is 2.12. The third kappa shape index (κ3) is 2.36. The van der Waals surface area contributed by atoms with E-state index in [4.69, 9.17) is 0 Å². The second-order valence-corrected chi connectivity index (χ2v) is 4.22. The first-order valence-electron chi connectivity index (χ1n) is 5.56. The number of hydrogen-bond donors (Lipinski definition) is 1. The highest BCUT2D eigenvalue weighted by Crippen LogP contribution is 2.19. The van der Waals surface area contributed by atoms with Crippen molar-refractivity contribution in [2.45, 2.75) is 6.42 Å². The molecule has 1 saturated heterocycles. The number of carbonyl (C=O) groups is 2. The highest BCUT2D eigenvalue weighted by atomic mass is 16.1. The fourth-order valence-electron chi connectivity index (χ4n) is 2.12. The van der Waals surface area contributed by atoms with Gasteiger partial charge in [0.15, 0.2) is 5.78 Å². The van der Waals surface area contributed by atoms with Gasteiger partial charge in [-0.1, -0.05) is 30.3 Å². The molecule has 0 spiro atoms. The number of Topliss-reactive ketones (excluding diaryl/α,β-unsaturated/α-hetero) is 1. The average molecular weight is 217 g/mol. The van der Waals surface area contributed by atoms with Crippen molar-refractivity contribution < 1.29 is 9.59 Å². The van der Waals surface area contributed by atoms with Crippen molar-refractivity contribution in [2.75, 3.05) is 13.1 Å². The predicted octanol–water partition coefficient (Wildman–Crippen LogP) is 1.29. The second-order valence-electron chi connectivity index (χ2n) is 4.22. The van der Waals surface area contributed by atoms with Crippen LogP contribution in [0.1, 0.15) is 16.8 Å². The Kier molecular flexibility index (Phi) is 3.47. The molecule has 16 heavy (non-hydrogen) atoms. The molecule has 2 atom stereocenters. The Morgan fingerprint density at radius 3 is 2.69 bits per heavy atom. The number of aldehydes is 1. The van der Waals surface area contributed by atoms with Crippen molar-refractivity contribution in [1.82, 2.24) is 5.32 Å². The molecule has 1 aromatic carbocycles. The molecule has 1 aliphatic heterocycles. The molecule has 1 fully saturated rings. The Morgan fingerprint density at radius 1 is 1.25 bits per heavy atom. The highest BCUT2D eigenvalue weighted by molar-refractivity contribution is 5.98. The number of nitrogens with one attached hydrogen (secondary N) is 1. The van der Waals surface area contributed by atoms with Gasteiger partial charge >= 0.3 is 0 Å². The van der Waals surface area contributed by atoms with E-state index in [9.17, 15) is 9.59 Å². The minimum Gasteiger partial charge on any atom is -0.315 e. The highest BCUT2D eigenvalue weighted by Gasteiger charge is 2.27. The fraction of sp³-hybridized carbons (Fsp3) is 0.385. The van der Waals surface area contributed by atoms with Gasteiger partial charge in [-0.2, -0.15) is 0 Å². The molecule has 0 bridgehead atoms. The van der Waals surface area contributed by atoms with Crippen LogP contribution in [-0.2, 0) is 4.79 Å². The zero-order valence-corrected chi connectivity index (χ0v) is 9.06. The summed E-state index contributed by atoms with van der Waals surface area (Å²) >= 11 is 0. The summed E-state index contributed by atoms with van der Waals surface area (Å²) in [4.78, 5) is 22.8. The average Bonchev–Trinajstić information content (AvgIpc) is 2.39. The molecule has 3 nitrogen and oxygen atoms in total. The molecule has 1 N–H and O–H groups in total. The lowest BCUT2D eigenvalue weighted by Crippen LogP contribution is -2.40. The maximum Gasteiger partial charge on any atom is 0.167 e. The minimum atomic E-state index is -0.0636. The summed E-state index contributed by atoms with van der Waals surface area (Å²) in [5.41, 5.74) is 0.737. The molecular formula is C13H15NO2. The van der Waals surface area contributed by atoms with Crippen molar-refractivity contribution in [2.24, 2.45) is 11.8 Å². The van der Waals surface area contributed by atoms with Crippen LogP contribution in [0.5, 0.6) is 0 Å². The van der Waals surface area contributed by atoms with Gasteiger partial charge in [-0.15, -0.1) is 0 Å². The van der Waals surface area contributed by atoms with Gasteiger partial charge in [0.05, 0.1) is 0 Å². The van der Waals surface area contributed by atoms with Crippen LogP contribution in [0.3, 0.4) is 0 Å². The van der Waals surface area contributed by atoms with Crippen LogP contribution in [-0.4, -0.2) is 25.2 Å². The Balaban J connectivity index is 2.07. The summed E-state index contributed by atoms with van der Waals surface area (Å²) < 4.78 is 0. The van der Waals surface area contributed by atoms with Gasteiger partial charge in [-0.05, 0) is 6.42 Å². The van der Waals surface area contributed by atoms with Crippen LogP contribution < -0.4 is 5.32 Å². The van der Waals surface area contributed by atoms with E-state index in [1.807, 2.05) is 30.3 Å². The van der Waals surface area contributed by atoms with Crippen molar-refractivity contribution in [3.05, 3.63) is 35.9 Å². The molecule has 1 aromatic rings. The largest absolute Gasteiger partial charge is 0.315 e. The monoisotopic (exact) mass is 217 g/mol. The van der Waals surface area contributed by atoms with E-state index in [1.54, 1.807) is 0 Å². The summed E-state index contributed by atoms with van der Waals surface area (Å²) in [6.07, 6.45) is 1.61. The van der Waals surface area contributed by atoms with Crippen LogP contribution in [0.25, 0.3) is 0 Å². The van der Waals surface area contributed by atoms with Gasteiger partial charge in [-0.25, -0.2) is 0 Å². The first-order chi connectivity index (χ1) is 7.81. The van der Waals surface area contributed by atoms with Crippen molar-refractivity contribution in [3.8, 4) is 0 Å². The Bertz CT molecular complexity index is 375. The van der Waals surface area contributed by atoms with E-state index in [0.717, 1.165) is 11.8 Å². The van der Waals surface area contributed by atoms with Crippen molar-refractivity contribution in [1.29, 1.82) is 0 Å². The number of benzene rings is 1. The predicted molar refractivity (Wildman–Crippen MR) is 61.3 cm³/mol. The van der Waals surface area contributed by atoms with Gasteiger partial charge in [0.2, 0.25) is 0 Å². The van der Waals surface area contributed by atoms with Crippen LogP contribution in [0.15, 0.2) is 30.3 Å². The molecule has 0 amide bonds. The summed E-state index contributed by atoms with van der Waals surface area (Å²) in [6, 6.07) is 9.27. The van der Waals surface area contributed by atoms with E-state index in [0.29, 0.717) is 19.5 Å². The molecule has 1 heterocycles. The number of carbonyl (C=O) groups excluding carboxylic acids is 2. The molecular weight excluding hydrogens is 202 g/mol. The third-order valence-corrected chi connectivity index (χ3v) is 3.01. The Hall–Kier alpha value is -1.48. The lowest BCUT2D eigenvalue weighted by Gasteiger charge is -2.25. The smallest absolute Gasteiger partial charge is 0.167 e. The minimum absolute atomic E-state index is 0.0218. The number of ketones is 1. The molecule has 84 valence electrons. The molecule has 1 aliphatic rings. The molecule has 0 aliphatic carbocycles. The zero-order chi connectivity index (χ0) is 11.4. The van der Waals surface area contributed by atoms with Crippen molar-refractivity contribution in [3.63, 3.8) is 0 Å². The van der Waals surface area contributed by atoms with E-state index >= 15 is 0 Å². The number of piperidine rings is 1. The summed E-state index contributed by atoms with van der Waals surface area (Å²) in [5.74, 6) is 0.0532. The number of hydrogen-bond acceptors (Lipinski definition) is 3. The summed E-state index contributed by atoms with van der Waals surface area (Å²) in [7, 11) is 0. The first kappa shape index (κ1) is 11.0. The molecule has 3 heteroatoms. The van der Waals surface area contributed by atoms with E-state index in [2.05, 4.69) is 5.32 Å². The molecule has 2 rings (SSSR count). The van der Waals surface area contributed by atoms with Crippen LogP contribution >= 0.6 is 0 Å². The molecule has 2 unspecified atom stereocenters. The van der Waals surface area contributed by atoms with E-state index in [1.165, 1.54) is 0 Å². The summed E-state index contributed by atoms with van der Waals surface area (Å²) in [6.45, 7) is 1.38. The first-order valence-corrected chi connectivity index (χ1v) is 5.56. The lowest BCUT2D eigenvalue weighted by atomic mass is 9.86. The van der Waals surface area contributed by atoms with E-state index in [-0.39, 0.29) is 17.6 Å². The van der Waals surface area contributed by atoms with Crippen LogP contribution in [0.4, 0.5) is 0 Å². The summed E-state index contributed by atoms with van der Waals surface area (Å²) in [5, 5.41) is 3.13. The van der Waals surface area contributed by atoms with Gasteiger partial charge in [0.1, 0.15) is 6.29 Å².